The fraction of sp³-hybridized carbons (Fsp3) is 0.217. The maximum Gasteiger partial charge on any atom is 0.251 e. The van der Waals surface area contributed by atoms with E-state index >= 15 is 0 Å². The number of aromatic nitrogens is 1. The molecule has 26 heavy (non-hydrogen) atoms. The van der Waals surface area contributed by atoms with Gasteiger partial charge < -0.3 is 4.90 Å². The summed E-state index contributed by atoms with van der Waals surface area (Å²) in [5.41, 5.74) is 5.37. The van der Waals surface area contributed by atoms with E-state index in [1.807, 2.05) is 30.3 Å². The van der Waals surface area contributed by atoms with Crippen LogP contribution in [0, 0.1) is 0 Å². The molecule has 4 rings (SSSR count). The molecule has 0 saturated carbocycles. The number of nitrogens with zero attached hydrogens (tertiary/aromatic N) is 2. The summed E-state index contributed by atoms with van der Waals surface area (Å²) in [5.74, 6) is 0.0233. The molecule has 130 valence electrons. The van der Waals surface area contributed by atoms with Gasteiger partial charge in [0, 0.05) is 23.3 Å². The number of amides is 1. The Morgan fingerprint density at radius 3 is 2.50 bits per heavy atom. The summed E-state index contributed by atoms with van der Waals surface area (Å²) in [4.78, 5) is 18.7. The van der Waals surface area contributed by atoms with Crippen LogP contribution >= 0.6 is 0 Å². The van der Waals surface area contributed by atoms with E-state index in [0.29, 0.717) is 6.54 Å². The predicted molar refractivity (Wildman–Crippen MR) is 107 cm³/mol. The van der Waals surface area contributed by atoms with Crippen molar-refractivity contribution in [1.29, 1.82) is 0 Å². The number of benzene rings is 2. The fourth-order valence-corrected chi connectivity index (χ4v) is 3.32. The number of pyridine rings is 1. The summed E-state index contributed by atoms with van der Waals surface area (Å²) >= 11 is 0. The highest BCUT2D eigenvalue weighted by Gasteiger charge is 2.24. The van der Waals surface area contributed by atoms with Crippen LogP contribution in [0.3, 0.4) is 0 Å². The lowest BCUT2D eigenvalue weighted by molar-refractivity contribution is -0.113. The number of rotatable bonds is 2. The number of carbonyl (C=O) groups excluding carboxylic acids is 1. The highest BCUT2D eigenvalue weighted by molar-refractivity contribution is 6.12. The van der Waals surface area contributed by atoms with Gasteiger partial charge >= 0.3 is 0 Å². The molecule has 0 spiro atoms. The van der Waals surface area contributed by atoms with E-state index < -0.39 is 0 Å². The Bertz CT molecular complexity index is 1010. The van der Waals surface area contributed by atoms with Crippen molar-refractivity contribution >= 4 is 28.1 Å². The van der Waals surface area contributed by atoms with Crippen molar-refractivity contribution in [3.05, 3.63) is 78.0 Å². The summed E-state index contributed by atoms with van der Waals surface area (Å²) in [6, 6.07) is 18.5. The van der Waals surface area contributed by atoms with Gasteiger partial charge in [-0.2, -0.15) is 0 Å². The third kappa shape index (κ3) is 3.01. The van der Waals surface area contributed by atoms with Gasteiger partial charge in [0.2, 0.25) is 0 Å². The van der Waals surface area contributed by atoms with Crippen LogP contribution in [0.1, 0.15) is 31.9 Å². The molecule has 1 aliphatic rings. The Balaban J connectivity index is 1.60. The van der Waals surface area contributed by atoms with E-state index in [-0.39, 0.29) is 11.3 Å². The van der Waals surface area contributed by atoms with E-state index in [2.05, 4.69) is 50.0 Å². The molecule has 1 aliphatic heterocycles. The van der Waals surface area contributed by atoms with Gasteiger partial charge in [0.05, 0.1) is 12.1 Å². The molecule has 2 aromatic carbocycles. The van der Waals surface area contributed by atoms with Crippen molar-refractivity contribution in [1.82, 2.24) is 4.98 Å². The minimum atomic E-state index is 0.0233. The van der Waals surface area contributed by atoms with Crippen molar-refractivity contribution in [2.24, 2.45) is 0 Å². The lowest BCUT2D eigenvalue weighted by Gasteiger charge is -2.20. The van der Waals surface area contributed by atoms with Gasteiger partial charge in [-0.05, 0) is 40.3 Å². The minimum Gasteiger partial charge on any atom is -0.304 e. The highest BCUT2D eigenvalue weighted by atomic mass is 16.2. The van der Waals surface area contributed by atoms with Crippen LogP contribution in [0.25, 0.3) is 16.5 Å². The number of hydrogen-bond donors (Lipinski definition) is 0. The van der Waals surface area contributed by atoms with Crippen molar-refractivity contribution in [3.63, 3.8) is 0 Å². The van der Waals surface area contributed by atoms with Crippen molar-refractivity contribution in [2.45, 2.75) is 26.2 Å². The van der Waals surface area contributed by atoms with Gasteiger partial charge in [0.15, 0.2) is 0 Å². The molecule has 0 saturated heterocycles. The van der Waals surface area contributed by atoms with E-state index in [1.54, 1.807) is 17.2 Å². The Morgan fingerprint density at radius 1 is 1.00 bits per heavy atom. The molecule has 3 aromatic rings. The molecule has 3 nitrogen and oxygen atoms in total. The molecule has 1 aromatic heterocycles. The molecule has 1 amide bonds. The topological polar surface area (TPSA) is 33.2 Å². The van der Waals surface area contributed by atoms with Crippen molar-refractivity contribution < 1.29 is 4.79 Å². The second-order valence-electron chi connectivity index (χ2n) is 7.80. The Morgan fingerprint density at radius 2 is 1.77 bits per heavy atom. The number of anilines is 1. The maximum atomic E-state index is 12.5. The fourth-order valence-electron chi connectivity index (χ4n) is 3.32. The lowest BCUT2D eigenvalue weighted by Crippen LogP contribution is -2.25. The molecule has 0 aliphatic carbocycles. The molecule has 2 heterocycles. The Hall–Kier alpha value is -2.94. The number of fused-ring (bicyclic) bond motifs is 1. The van der Waals surface area contributed by atoms with E-state index in [4.69, 9.17) is 0 Å². The van der Waals surface area contributed by atoms with E-state index in [1.165, 1.54) is 5.56 Å². The van der Waals surface area contributed by atoms with Gasteiger partial charge in [-0.25, -0.2) is 0 Å². The average molecular weight is 342 g/mol. The highest BCUT2D eigenvalue weighted by Crippen LogP contribution is 2.30. The van der Waals surface area contributed by atoms with Crippen LogP contribution in [0.2, 0.25) is 0 Å². The zero-order valence-corrected chi connectivity index (χ0v) is 15.4. The monoisotopic (exact) mass is 342 g/mol. The van der Waals surface area contributed by atoms with Crippen LogP contribution in [0.15, 0.2) is 66.9 Å². The van der Waals surface area contributed by atoms with Gasteiger partial charge in [-0.3, -0.25) is 9.78 Å². The van der Waals surface area contributed by atoms with Crippen LogP contribution < -0.4 is 4.90 Å². The second kappa shape index (κ2) is 6.10. The zero-order chi connectivity index (χ0) is 18.3. The second-order valence-corrected chi connectivity index (χ2v) is 7.80. The van der Waals surface area contributed by atoms with Crippen LogP contribution in [0.4, 0.5) is 5.69 Å². The third-order valence-electron chi connectivity index (χ3n) is 4.92. The third-order valence-corrected chi connectivity index (χ3v) is 4.92. The molecule has 0 fully saturated rings. The van der Waals surface area contributed by atoms with E-state index in [9.17, 15) is 4.79 Å². The summed E-state index contributed by atoms with van der Waals surface area (Å²) in [5, 5.41) is 1.08. The van der Waals surface area contributed by atoms with Gasteiger partial charge in [0.1, 0.15) is 0 Å². The SMILES string of the molecule is CC(C)(C)c1ccc(C2=CC(=O)N(c3ccc4cccnc4c3)C2)cc1. The number of hydrogen-bond acceptors (Lipinski definition) is 2. The average Bonchev–Trinajstić information content (AvgIpc) is 3.02. The van der Waals surface area contributed by atoms with Gasteiger partial charge in [-0.1, -0.05) is 57.2 Å². The molecule has 0 unspecified atom stereocenters. The number of carbonyl (C=O) groups is 1. The minimum absolute atomic E-state index is 0.0233. The standard InChI is InChI=1S/C23H22N2O/c1-23(2,3)19-9-6-16(7-10-19)18-13-22(26)25(15-18)20-11-8-17-5-4-12-24-21(17)14-20/h4-14H,15H2,1-3H3. The molecule has 0 atom stereocenters. The predicted octanol–water partition coefficient (Wildman–Crippen LogP) is 4.96. The molecule has 0 bridgehead atoms. The lowest BCUT2D eigenvalue weighted by atomic mass is 9.86. The first-order valence-electron chi connectivity index (χ1n) is 8.90. The van der Waals surface area contributed by atoms with Gasteiger partial charge in [-0.15, -0.1) is 0 Å². The van der Waals surface area contributed by atoms with Crippen molar-refractivity contribution in [2.75, 3.05) is 11.4 Å². The summed E-state index contributed by atoms with van der Waals surface area (Å²) in [6.07, 6.45) is 3.52. The quantitative estimate of drug-likeness (QED) is 0.659. The smallest absolute Gasteiger partial charge is 0.251 e. The summed E-state index contributed by atoms with van der Waals surface area (Å²) < 4.78 is 0. The molecule has 0 radical (unpaired) electrons. The first-order valence-corrected chi connectivity index (χ1v) is 8.90. The van der Waals surface area contributed by atoms with E-state index in [0.717, 1.165) is 27.7 Å². The van der Waals surface area contributed by atoms with Crippen LogP contribution in [-0.4, -0.2) is 17.4 Å². The largest absolute Gasteiger partial charge is 0.304 e. The Kier molecular flexibility index (Phi) is 3.87. The molecule has 0 N–H and O–H groups in total. The molecular weight excluding hydrogens is 320 g/mol. The van der Waals surface area contributed by atoms with Crippen LogP contribution in [-0.2, 0) is 10.2 Å². The summed E-state index contributed by atoms with van der Waals surface area (Å²) in [7, 11) is 0. The normalized spacial score (nSPS) is 14.8. The zero-order valence-electron chi connectivity index (χ0n) is 15.4. The summed E-state index contributed by atoms with van der Waals surface area (Å²) in [6.45, 7) is 7.20. The van der Waals surface area contributed by atoms with Crippen molar-refractivity contribution in [3.8, 4) is 0 Å². The van der Waals surface area contributed by atoms with Crippen LogP contribution in [0.5, 0.6) is 0 Å². The first kappa shape index (κ1) is 16.5. The first-order chi connectivity index (χ1) is 12.4. The van der Waals surface area contributed by atoms with Gasteiger partial charge in [0.25, 0.3) is 5.91 Å². The molecular formula is C23H22N2O. The maximum absolute atomic E-state index is 12.5. The Labute approximate surface area is 154 Å². The molecule has 3 heteroatoms.